The summed E-state index contributed by atoms with van der Waals surface area (Å²) >= 11 is 0. The Labute approximate surface area is 120 Å². The molecule has 2 aromatic rings. The number of para-hydroxylation sites is 1. The number of benzene rings is 1. The number of nitrogen functional groups attached to an aromatic ring is 1. The lowest BCUT2D eigenvalue weighted by atomic mass is 10.1. The molecule has 0 unspecified atom stereocenters. The van der Waals surface area contributed by atoms with Gasteiger partial charge in [0.2, 0.25) is 0 Å². The molecular formula is C16H22N4. The first-order valence-electron chi connectivity index (χ1n) is 7.19. The molecule has 2 rings (SSSR count). The van der Waals surface area contributed by atoms with Gasteiger partial charge >= 0.3 is 0 Å². The first kappa shape index (κ1) is 14.3. The maximum absolute atomic E-state index is 6.00. The molecule has 0 atom stereocenters. The lowest BCUT2D eigenvalue weighted by molar-refractivity contribution is 0.774. The molecule has 20 heavy (non-hydrogen) atoms. The summed E-state index contributed by atoms with van der Waals surface area (Å²) in [5.41, 5.74) is 8.17. The van der Waals surface area contributed by atoms with Crippen LogP contribution in [0.5, 0.6) is 0 Å². The molecule has 0 saturated heterocycles. The number of unbranched alkanes of at least 4 members (excludes halogenated alkanes) is 1. The third kappa shape index (κ3) is 3.07. The van der Waals surface area contributed by atoms with Crippen LogP contribution < -0.4 is 10.6 Å². The molecule has 4 heteroatoms. The van der Waals surface area contributed by atoms with E-state index in [4.69, 9.17) is 5.73 Å². The molecule has 0 saturated carbocycles. The van der Waals surface area contributed by atoms with E-state index in [1.165, 1.54) is 0 Å². The van der Waals surface area contributed by atoms with Crippen LogP contribution in [0.2, 0.25) is 0 Å². The van der Waals surface area contributed by atoms with Gasteiger partial charge < -0.3 is 10.6 Å². The van der Waals surface area contributed by atoms with Crippen LogP contribution in [-0.4, -0.2) is 16.5 Å². The Hall–Kier alpha value is -2.10. The van der Waals surface area contributed by atoms with E-state index in [1.807, 2.05) is 18.2 Å². The predicted molar refractivity (Wildman–Crippen MR) is 84.2 cm³/mol. The minimum Gasteiger partial charge on any atom is -0.383 e. The van der Waals surface area contributed by atoms with Gasteiger partial charge in [0.25, 0.3) is 0 Å². The molecule has 4 nitrogen and oxygen atoms in total. The zero-order valence-corrected chi connectivity index (χ0v) is 12.2. The van der Waals surface area contributed by atoms with Crippen molar-refractivity contribution >= 4 is 17.3 Å². The van der Waals surface area contributed by atoms with E-state index in [1.54, 1.807) is 6.33 Å². The monoisotopic (exact) mass is 270 g/mol. The summed E-state index contributed by atoms with van der Waals surface area (Å²) in [6.45, 7) is 5.21. The molecule has 0 aliphatic rings. The minimum absolute atomic E-state index is 0.579. The van der Waals surface area contributed by atoms with Gasteiger partial charge in [-0.1, -0.05) is 38.5 Å². The zero-order valence-electron chi connectivity index (χ0n) is 12.2. The molecule has 1 heterocycles. The topological polar surface area (TPSA) is 55.0 Å². The maximum atomic E-state index is 6.00. The van der Waals surface area contributed by atoms with Crippen molar-refractivity contribution in [2.24, 2.45) is 0 Å². The summed E-state index contributed by atoms with van der Waals surface area (Å²) in [7, 11) is 0. The van der Waals surface area contributed by atoms with Crippen LogP contribution in [0.1, 0.15) is 32.3 Å². The van der Waals surface area contributed by atoms with Crippen molar-refractivity contribution in [3.63, 3.8) is 0 Å². The van der Waals surface area contributed by atoms with Crippen molar-refractivity contribution in [2.45, 2.75) is 33.1 Å². The third-order valence-electron chi connectivity index (χ3n) is 3.37. The molecular weight excluding hydrogens is 248 g/mol. The second-order valence-electron chi connectivity index (χ2n) is 4.76. The number of hydrogen-bond donors (Lipinski definition) is 1. The van der Waals surface area contributed by atoms with Gasteiger partial charge in [-0.25, -0.2) is 9.97 Å². The van der Waals surface area contributed by atoms with Crippen LogP contribution >= 0.6 is 0 Å². The first-order valence-corrected chi connectivity index (χ1v) is 7.19. The molecule has 0 aliphatic heterocycles. The molecule has 0 amide bonds. The van der Waals surface area contributed by atoms with E-state index in [0.717, 1.165) is 42.9 Å². The average Bonchev–Trinajstić information content (AvgIpc) is 2.49. The van der Waals surface area contributed by atoms with Crippen molar-refractivity contribution in [3.8, 4) is 0 Å². The quantitative estimate of drug-likeness (QED) is 0.872. The Morgan fingerprint density at radius 3 is 2.50 bits per heavy atom. The lowest BCUT2D eigenvalue weighted by Crippen LogP contribution is -2.22. The van der Waals surface area contributed by atoms with Gasteiger partial charge in [0, 0.05) is 17.8 Å². The van der Waals surface area contributed by atoms with E-state index in [9.17, 15) is 0 Å². The molecule has 0 aliphatic carbocycles. The largest absolute Gasteiger partial charge is 0.383 e. The lowest BCUT2D eigenvalue weighted by Gasteiger charge is -2.26. The number of aromatic nitrogens is 2. The van der Waals surface area contributed by atoms with E-state index in [-0.39, 0.29) is 0 Å². The molecule has 2 N–H and O–H groups in total. The van der Waals surface area contributed by atoms with Crippen molar-refractivity contribution in [3.05, 3.63) is 42.2 Å². The van der Waals surface area contributed by atoms with Crippen molar-refractivity contribution in [1.82, 2.24) is 9.97 Å². The summed E-state index contributed by atoms with van der Waals surface area (Å²) in [6.07, 6.45) is 4.64. The molecule has 106 valence electrons. The molecule has 1 aromatic heterocycles. The summed E-state index contributed by atoms with van der Waals surface area (Å²) < 4.78 is 0. The number of nitrogens with zero attached hydrogens (tertiary/aromatic N) is 3. The molecule has 1 aromatic carbocycles. The van der Waals surface area contributed by atoms with Gasteiger partial charge in [-0.15, -0.1) is 0 Å². The fraction of sp³-hybridized carbons (Fsp3) is 0.375. The number of anilines is 3. The summed E-state index contributed by atoms with van der Waals surface area (Å²) in [4.78, 5) is 10.8. The van der Waals surface area contributed by atoms with Crippen molar-refractivity contribution in [1.29, 1.82) is 0 Å². The summed E-state index contributed by atoms with van der Waals surface area (Å²) in [5.74, 6) is 1.51. The second-order valence-corrected chi connectivity index (χ2v) is 4.76. The first-order chi connectivity index (χ1) is 9.77. The van der Waals surface area contributed by atoms with Crippen LogP contribution in [0.25, 0.3) is 0 Å². The van der Waals surface area contributed by atoms with Crippen LogP contribution in [0.15, 0.2) is 36.7 Å². The molecule has 0 spiro atoms. The molecule has 0 bridgehead atoms. The van der Waals surface area contributed by atoms with Crippen LogP contribution in [0.3, 0.4) is 0 Å². The van der Waals surface area contributed by atoms with Gasteiger partial charge in [-0.05, 0) is 25.0 Å². The highest BCUT2D eigenvalue weighted by Gasteiger charge is 2.16. The van der Waals surface area contributed by atoms with Crippen LogP contribution in [0, 0.1) is 0 Å². The number of rotatable bonds is 6. The predicted octanol–water partition coefficient (Wildman–Crippen LogP) is 3.56. The highest BCUT2D eigenvalue weighted by Crippen LogP contribution is 2.29. The standard InChI is InChI=1S/C16H22N4/c1-3-5-11-20(13-9-7-6-8-10-13)16-14(4-2)15(17)18-12-19-16/h6-10,12H,3-5,11H2,1-2H3,(H2,17,18,19). The fourth-order valence-corrected chi connectivity index (χ4v) is 2.27. The van der Waals surface area contributed by atoms with Gasteiger partial charge in [0.15, 0.2) is 0 Å². The fourth-order valence-electron chi connectivity index (χ4n) is 2.27. The number of hydrogen-bond acceptors (Lipinski definition) is 4. The second kappa shape index (κ2) is 6.89. The van der Waals surface area contributed by atoms with Crippen LogP contribution in [0.4, 0.5) is 17.3 Å². The highest BCUT2D eigenvalue weighted by atomic mass is 15.2. The van der Waals surface area contributed by atoms with Crippen LogP contribution in [-0.2, 0) is 6.42 Å². The Morgan fingerprint density at radius 2 is 1.85 bits per heavy atom. The Bertz CT molecular complexity index is 539. The van der Waals surface area contributed by atoms with Gasteiger partial charge in [-0.3, -0.25) is 0 Å². The van der Waals surface area contributed by atoms with E-state index < -0.39 is 0 Å². The van der Waals surface area contributed by atoms with Crippen molar-refractivity contribution in [2.75, 3.05) is 17.2 Å². The highest BCUT2D eigenvalue weighted by molar-refractivity contribution is 5.66. The minimum atomic E-state index is 0.579. The maximum Gasteiger partial charge on any atom is 0.141 e. The Balaban J connectivity index is 2.44. The van der Waals surface area contributed by atoms with E-state index >= 15 is 0 Å². The normalized spacial score (nSPS) is 10.5. The smallest absolute Gasteiger partial charge is 0.141 e. The SMILES string of the molecule is CCCCN(c1ccccc1)c1ncnc(N)c1CC. The third-order valence-corrected chi connectivity index (χ3v) is 3.37. The average molecular weight is 270 g/mol. The summed E-state index contributed by atoms with van der Waals surface area (Å²) in [6, 6.07) is 10.3. The van der Waals surface area contributed by atoms with E-state index in [0.29, 0.717) is 5.82 Å². The number of nitrogens with two attached hydrogens (primary N) is 1. The van der Waals surface area contributed by atoms with Gasteiger partial charge in [-0.2, -0.15) is 0 Å². The Kier molecular flexibility index (Phi) is 4.93. The van der Waals surface area contributed by atoms with Gasteiger partial charge in [0.05, 0.1) is 0 Å². The molecule has 0 fully saturated rings. The summed E-state index contributed by atoms with van der Waals surface area (Å²) in [5, 5.41) is 0. The van der Waals surface area contributed by atoms with Crippen molar-refractivity contribution < 1.29 is 0 Å². The zero-order chi connectivity index (χ0) is 14.4. The molecule has 0 radical (unpaired) electrons. The van der Waals surface area contributed by atoms with Gasteiger partial charge in [0.1, 0.15) is 18.0 Å². The van der Waals surface area contributed by atoms with E-state index in [2.05, 4.69) is 40.8 Å². The Morgan fingerprint density at radius 1 is 1.10 bits per heavy atom.